The molecule has 132 valence electrons. The van der Waals surface area contributed by atoms with Crippen molar-refractivity contribution >= 4 is 11.6 Å². The summed E-state index contributed by atoms with van der Waals surface area (Å²) < 4.78 is 14.5. The second kappa shape index (κ2) is 7.61. The maximum absolute atomic E-state index is 13.0. The second-order valence-corrected chi connectivity index (χ2v) is 6.50. The number of nitrogens with two attached hydrogens (primary N) is 1. The molecule has 3 rings (SSSR count). The molecule has 5 nitrogen and oxygen atoms in total. The van der Waals surface area contributed by atoms with Crippen LogP contribution in [0.2, 0.25) is 0 Å². The summed E-state index contributed by atoms with van der Waals surface area (Å²) >= 11 is 0. The lowest BCUT2D eigenvalue weighted by Gasteiger charge is -2.17. The molecular weight excluding hydrogens is 321 g/mol. The maximum atomic E-state index is 13.0. The number of hydrogen-bond donors (Lipinski definition) is 2. The van der Waals surface area contributed by atoms with E-state index in [-0.39, 0.29) is 34.8 Å². The molecule has 3 N–H and O–H groups in total. The highest BCUT2D eigenvalue weighted by Crippen LogP contribution is 2.31. The fourth-order valence-corrected chi connectivity index (χ4v) is 3.43. The molecule has 1 aliphatic rings. The molecule has 0 saturated heterocycles. The van der Waals surface area contributed by atoms with Crippen molar-refractivity contribution in [2.75, 3.05) is 11.9 Å². The molecule has 0 bridgehead atoms. The molecule has 0 unspecified atom stereocenters. The van der Waals surface area contributed by atoms with Crippen LogP contribution in [0.25, 0.3) is 0 Å². The molecule has 1 aromatic carbocycles. The van der Waals surface area contributed by atoms with Gasteiger partial charge in [0, 0.05) is 12.1 Å². The van der Waals surface area contributed by atoms with Crippen LogP contribution in [-0.2, 0) is 11.3 Å². The summed E-state index contributed by atoms with van der Waals surface area (Å²) in [6, 6.07) is 9.32. The van der Waals surface area contributed by atoms with Gasteiger partial charge in [-0.1, -0.05) is 18.6 Å². The molecule has 0 aliphatic heterocycles. The number of carbonyl (C=O) groups excluding carboxylic acids is 1. The van der Waals surface area contributed by atoms with Crippen LogP contribution in [0.4, 0.5) is 10.1 Å². The highest BCUT2D eigenvalue weighted by Gasteiger charge is 2.32. The van der Waals surface area contributed by atoms with E-state index >= 15 is 0 Å². The normalized spacial score (nSPS) is 19.8. The number of nitrogens with one attached hydrogen (secondary N) is 1. The Morgan fingerprint density at radius 3 is 2.72 bits per heavy atom. The van der Waals surface area contributed by atoms with E-state index in [1.54, 1.807) is 30.5 Å². The zero-order valence-corrected chi connectivity index (χ0v) is 14.0. The van der Waals surface area contributed by atoms with E-state index in [0.29, 0.717) is 13.1 Å². The Balaban J connectivity index is 1.75. The molecule has 1 fully saturated rings. The topological polar surface area (TPSA) is 77.1 Å². The van der Waals surface area contributed by atoms with Gasteiger partial charge in [-0.2, -0.15) is 0 Å². The second-order valence-electron chi connectivity index (χ2n) is 6.50. The summed E-state index contributed by atoms with van der Waals surface area (Å²) in [5, 5.41) is 2.76. The van der Waals surface area contributed by atoms with Crippen LogP contribution >= 0.6 is 0 Å². The fraction of sp³-hybridized carbons (Fsp3) is 0.368. The third-order valence-corrected chi connectivity index (χ3v) is 4.84. The molecule has 2 atom stereocenters. The van der Waals surface area contributed by atoms with E-state index in [1.165, 1.54) is 16.7 Å². The molecule has 25 heavy (non-hydrogen) atoms. The zero-order valence-electron chi connectivity index (χ0n) is 14.0. The van der Waals surface area contributed by atoms with Gasteiger partial charge < -0.3 is 15.6 Å². The summed E-state index contributed by atoms with van der Waals surface area (Å²) in [7, 11) is 0. The number of hydrogen-bond acceptors (Lipinski definition) is 3. The Kier molecular flexibility index (Phi) is 5.28. The van der Waals surface area contributed by atoms with Crippen LogP contribution in [0.1, 0.15) is 24.8 Å². The van der Waals surface area contributed by atoms with Crippen LogP contribution in [0.5, 0.6) is 0 Å². The number of aromatic nitrogens is 1. The number of amides is 1. The van der Waals surface area contributed by atoms with E-state index < -0.39 is 0 Å². The number of carbonyl (C=O) groups is 1. The van der Waals surface area contributed by atoms with Crippen molar-refractivity contribution < 1.29 is 9.18 Å². The third kappa shape index (κ3) is 3.96. The molecule has 1 saturated carbocycles. The molecule has 1 aromatic heterocycles. The minimum Gasteiger partial charge on any atom is -0.330 e. The van der Waals surface area contributed by atoms with Crippen LogP contribution in [-0.4, -0.2) is 17.0 Å². The Morgan fingerprint density at radius 2 is 2.00 bits per heavy atom. The number of pyridine rings is 1. The van der Waals surface area contributed by atoms with Crippen molar-refractivity contribution in [3.63, 3.8) is 0 Å². The molecule has 1 amide bonds. The van der Waals surface area contributed by atoms with E-state index in [2.05, 4.69) is 5.32 Å². The van der Waals surface area contributed by atoms with Crippen molar-refractivity contribution in [1.82, 2.24) is 4.57 Å². The molecule has 0 spiro atoms. The lowest BCUT2D eigenvalue weighted by atomic mass is 9.95. The first-order valence-electron chi connectivity index (χ1n) is 8.53. The lowest BCUT2D eigenvalue weighted by Crippen LogP contribution is -2.32. The predicted molar refractivity (Wildman–Crippen MR) is 94.7 cm³/mol. The molecular formula is C19H22FN3O2. The van der Waals surface area contributed by atoms with Gasteiger partial charge in [-0.3, -0.25) is 9.59 Å². The minimum atomic E-state index is -0.317. The van der Waals surface area contributed by atoms with Crippen LogP contribution < -0.4 is 16.6 Å². The highest BCUT2D eigenvalue weighted by atomic mass is 19.1. The Morgan fingerprint density at radius 1 is 1.24 bits per heavy atom. The average molecular weight is 343 g/mol. The monoisotopic (exact) mass is 343 g/mol. The smallest absolute Gasteiger partial charge is 0.274 e. The molecule has 6 heteroatoms. The van der Waals surface area contributed by atoms with Gasteiger partial charge in [0.1, 0.15) is 11.5 Å². The number of rotatable bonds is 5. The Labute approximate surface area is 145 Å². The van der Waals surface area contributed by atoms with Gasteiger partial charge in [0.05, 0.1) is 6.54 Å². The van der Waals surface area contributed by atoms with E-state index in [4.69, 9.17) is 5.73 Å². The molecule has 1 heterocycles. The Hall–Kier alpha value is -2.47. The zero-order chi connectivity index (χ0) is 17.8. The first-order valence-corrected chi connectivity index (χ1v) is 8.53. The van der Waals surface area contributed by atoms with E-state index in [0.717, 1.165) is 24.8 Å². The van der Waals surface area contributed by atoms with Crippen LogP contribution in [0.15, 0.2) is 47.4 Å². The van der Waals surface area contributed by atoms with Crippen molar-refractivity contribution in [2.24, 2.45) is 17.6 Å². The number of anilines is 1. The average Bonchev–Trinajstić information content (AvgIpc) is 3.09. The van der Waals surface area contributed by atoms with Crippen molar-refractivity contribution in [3.05, 3.63) is 64.3 Å². The summed E-state index contributed by atoms with van der Waals surface area (Å²) in [5.41, 5.74) is 6.53. The van der Waals surface area contributed by atoms with Crippen molar-refractivity contribution in [3.8, 4) is 0 Å². The van der Waals surface area contributed by atoms with Crippen molar-refractivity contribution in [1.29, 1.82) is 0 Å². The standard InChI is InChI=1S/C19H22FN3O2/c20-15-8-6-13(7-9-15)12-23-10-2-5-17(19(23)25)22-18(24)16-4-1-3-14(16)11-21/h2,5-10,14,16H,1,3-4,11-12,21H2,(H,22,24)/t14-,16-/m1/s1. The first kappa shape index (κ1) is 17.4. The maximum Gasteiger partial charge on any atom is 0.274 e. The predicted octanol–water partition coefficient (Wildman–Crippen LogP) is 2.35. The lowest BCUT2D eigenvalue weighted by molar-refractivity contribution is -0.120. The molecule has 0 radical (unpaired) electrons. The van der Waals surface area contributed by atoms with Gasteiger partial charge in [-0.05, 0) is 55.1 Å². The fourth-order valence-electron chi connectivity index (χ4n) is 3.43. The minimum absolute atomic E-state index is 0.129. The van der Waals surface area contributed by atoms with Gasteiger partial charge in [0.2, 0.25) is 5.91 Å². The SMILES string of the molecule is NC[C@H]1CCC[C@H]1C(=O)Nc1cccn(Cc2ccc(F)cc2)c1=O. The highest BCUT2D eigenvalue weighted by molar-refractivity contribution is 5.92. The number of nitrogens with zero attached hydrogens (tertiary/aromatic N) is 1. The summed E-state index contributed by atoms with van der Waals surface area (Å²) in [4.78, 5) is 25.1. The largest absolute Gasteiger partial charge is 0.330 e. The molecule has 2 aromatic rings. The van der Waals surface area contributed by atoms with Crippen molar-refractivity contribution in [2.45, 2.75) is 25.8 Å². The molecule has 1 aliphatic carbocycles. The van der Waals surface area contributed by atoms with Gasteiger partial charge in [0.15, 0.2) is 0 Å². The van der Waals surface area contributed by atoms with Gasteiger partial charge in [0.25, 0.3) is 5.56 Å². The van der Waals surface area contributed by atoms with E-state index in [1.807, 2.05) is 0 Å². The third-order valence-electron chi connectivity index (χ3n) is 4.84. The summed E-state index contributed by atoms with van der Waals surface area (Å²) in [6.45, 7) is 0.805. The van der Waals surface area contributed by atoms with Gasteiger partial charge >= 0.3 is 0 Å². The summed E-state index contributed by atoms with van der Waals surface area (Å²) in [5.74, 6) is -0.395. The van der Waals surface area contributed by atoms with Crippen LogP contribution in [0.3, 0.4) is 0 Å². The quantitative estimate of drug-likeness (QED) is 0.875. The first-order chi connectivity index (χ1) is 12.1. The number of halogens is 1. The van der Waals surface area contributed by atoms with Gasteiger partial charge in [-0.25, -0.2) is 4.39 Å². The van der Waals surface area contributed by atoms with E-state index in [9.17, 15) is 14.0 Å². The van der Waals surface area contributed by atoms with Gasteiger partial charge in [-0.15, -0.1) is 0 Å². The summed E-state index contributed by atoms with van der Waals surface area (Å²) in [6.07, 6.45) is 4.41. The Bertz CT molecular complexity index is 801. The van der Waals surface area contributed by atoms with Crippen LogP contribution in [0, 0.1) is 17.7 Å². The number of benzene rings is 1.